The minimum Gasteiger partial charge on any atom is -0.496 e. The van der Waals surface area contributed by atoms with E-state index in [1.807, 2.05) is 20.0 Å². The summed E-state index contributed by atoms with van der Waals surface area (Å²) in [6.45, 7) is 18.0. The summed E-state index contributed by atoms with van der Waals surface area (Å²) < 4.78 is 17.0. The minimum absolute atomic E-state index is 0.0562. The van der Waals surface area contributed by atoms with Crippen LogP contribution in [0.2, 0.25) is 0 Å². The lowest BCUT2D eigenvalue weighted by molar-refractivity contribution is 0.0183. The number of aromatic nitrogens is 1. The number of rotatable bonds is 7. The maximum Gasteiger partial charge on any atom is 0.230 e. The third kappa shape index (κ3) is 4.06. The number of allylic oxidation sites excluding steroid dienone is 3. The van der Waals surface area contributed by atoms with Crippen molar-refractivity contribution in [2.45, 2.75) is 40.5 Å². The van der Waals surface area contributed by atoms with Crippen LogP contribution in [0.4, 0.5) is 5.69 Å². The summed E-state index contributed by atoms with van der Waals surface area (Å²) in [7, 11) is 1.70. The van der Waals surface area contributed by atoms with E-state index in [9.17, 15) is 0 Å². The Hall–Kier alpha value is -3.21. The monoisotopic (exact) mass is 406 g/mol. The number of methoxy groups -OCH3 is 1. The zero-order valence-electron chi connectivity index (χ0n) is 18.7. The fraction of sp³-hybridized carbons (Fsp3) is 0.320. The third-order valence-electron chi connectivity index (χ3n) is 5.34. The van der Waals surface area contributed by atoms with E-state index in [1.165, 1.54) is 0 Å². The summed E-state index contributed by atoms with van der Waals surface area (Å²) >= 11 is 0. The molecule has 1 aliphatic rings. The fourth-order valence-electron chi connectivity index (χ4n) is 3.87. The lowest BCUT2D eigenvalue weighted by atomic mass is 9.78. The summed E-state index contributed by atoms with van der Waals surface area (Å²) in [6.07, 6.45) is 1.90. The molecule has 1 N–H and O–H groups in total. The molecular weight excluding hydrogens is 376 g/mol. The molecule has 1 aromatic heterocycles. The van der Waals surface area contributed by atoms with Crippen LogP contribution in [0.25, 0.3) is 0 Å². The molecule has 158 valence electrons. The Morgan fingerprint density at radius 1 is 1.13 bits per heavy atom. The molecule has 0 amide bonds. The molecule has 5 heteroatoms. The Labute approximate surface area is 179 Å². The second-order valence-corrected chi connectivity index (χ2v) is 7.69. The highest BCUT2D eigenvalue weighted by atomic mass is 16.7. The van der Waals surface area contributed by atoms with Crippen molar-refractivity contribution >= 4 is 5.69 Å². The van der Waals surface area contributed by atoms with Crippen molar-refractivity contribution < 1.29 is 14.2 Å². The standard InChI is InChI=1S/C25H30N2O3/c1-14(2)29-13-30-19(7)22-18(6)27-25-16(4)12-26-17(5)23(25)24(22)20-10-9-15(3)11-21(20)28-8/h9-12,24,27H,1,7,13H2,2-6,8H3. The van der Waals surface area contributed by atoms with Crippen LogP contribution in [0.1, 0.15) is 47.7 Å². The molecule has 1 aromatic carbocycles. The Balaban J connectivity index is 2.19. The third-order valence-corrected chi connectivity index (χ3v) is 5.34. The molecule has 0 saturated carbocycles. The molecule has 1 atom stereocenters. The number of fused-ring (bicyclic) bond motifs is 1. The van der Waals surface area contributed by atoms with Gasteiger partial charge in [-0.05, 0) is 51.8 Å². The summed E-state index contributed by atoms with van der Waals surface area (Å²) in [5.74, 6) is 1.82. The van der Waals surface area contributed by atoms with E-state index < -0.39 is 0 Å². The van der Waals surface area contributed by atoms with E-state index in [0.29, 0.717) is 11.5 Å². The molecule has 5 nitrogen and oxygen atoms in total. The van der Waals surface area contributed by atoms with Gasteiger partial charge in [0.05, 0.1) is 12.9 Å². The Kier molecular flexibility index (Phi) is 6.20. The molecule has 2 heterocycles. The van der Waals surface area contributed by atoms with Gasteiger partial charge in [-0.3, -0.25) is 4.98 Å². The van der Waals surface area contributed by atoms with E-state index >= 15 is 0 Å². The highest BCUT2D eigenvalue weighted by Gasteiger charge is 2.34. The van der Waals surface area contributed by atoms with Crippen molar-refractivity contribution in [1.29, 1.82) is 0 Å². The van der Waals surface area contributed by atoms with Crippen LogP contribution >= 0.6 is 0 Å². The van der Waals surface area contributed by atoms with Gasteiger partial charge in [0.2, 0.25) is 6.79 Å². The zero-order valence-corrected chi connectivity index (χ0v) is 18.7. The van der Waals surface area contributed by atoms with Gasteiger partial charge < -0.3 is 19.5 Å². The molecule has 0 bridgehead atoms. The minimum atomic E-state index is -0.137. The maximum absolute atomic E-state index is 5.86. The van der Waals surface area contributed by atoms with Gasteiger partial charge >= 0.3 is 0 Å². The predicted molar refractivity (Wildman–Crippen MR) is 121 cm³/mol. The SMILES string of the molecule is C=C(C)OCOC(=C)C1=C(C)Nc2c(C)cnc(C)c2C1c1ccc(C)cc1OC. The number of nitrogens with one attached hydrogen (secondary N) is 1. The lowest BCUT2D eigenvalue weighted by Gasteiger charge is -2.34. The van der Waals surface area contributed by atoms with Crippen LogP contribution in [0.3, 0.4) is 0 Å². The molecule has 0 spiro atoms. The van der Waals surface area contributed by atoms with Crippen LogP contribution in [0.5, 0.6) is 5.75 Å². The molecule has 2 aromatic rings. The van der Waals surface area contributed by atoms with Gasteiger partial charge in [0.25, 0.3) is 0 Å². The van der Waals surface area contributed by atoms with Crippen molar-refractivity contribution in [2.24, 2.45) is 0 Å². The van der Waals surface area contributed by atoms with E-state index in [2.05, 4.69) is 55.5 Å². The quantitative estimate of drug-likeness (QED) is 0.459. The predicted octanol–water partition coefficient (Wildman–Crippen LogP) is 5.88. The van der Waals surface area contributed by atoms with Crippen LogP contribution < -0.4 is 10.1 Å². The Morgan fingerprint density at radius 3 is 2.53 bits per heavy atom. The Morgan fingerprint density at radius 2 is 1.87 bits per heavy atom. The number of hydrogen-bond acceptors (Lipinski definition) is 5. The fourth-order valence-corrected chi connectivity index (χ4v) is 3.87. The molecule has 1 unspecified atom stereocenters. The maximum atomic E-state index is 5.86. The number of aryl methyl sites for hydroxylation is 3. The molecular formula is C25H30N2O3. The highest BCUT2D eigenvalue weighted by Crippen LogP contribution is 2.48. The average molecular weight is 407 g/mol. The summed E-state index contributed by atoms with van der Waals surface area (Å²) in [5.41, 5.74) is 8.31. The molecule has 30 heavy (non-hydrogen) atoms. The number of ether oxygens (including phenoxy) is 3. The number of anilines is 1. The first kappa shape index (κ1) is 21.5. The second kappa shape index (κ2) is 8.66. The van der Waals surface area contributed by atoms with E-state index in [4.69, 9.17) is 14.2 Å². The molecule has 0 radical (unpaired) electrons. The molecule has 0 saturated heterocycles. The molecule has 1 aliphatic heterocycles. The lowest BCUT2D eigenvalue weighted by Crippen LogP contribution is -2.22. The molecule has 3 rings (SSSR count). The van der Waals surface area contributed by atoms with Gasteiger partial charge in [-0.1, -0.05) is 25.3 Å². The number of pyridine rings is 1. The van der Waals surface area contributed by atoms with Crippen LogP contribution in [0.15, 0.2) is 60.3 Å². The summed E-state index contributed by atoms with van der Waals surface area (Å²) in [4.78, 5) is 4.63. The van der Waals surface area contributed by atoms with Gasteiger partial charge in [-0.2, -0.15) is 0 Å². The smallest absolute Gasteiger partial charge is 0.230 e. The normalized spacial score (nSPS) is 15.2. The first-order chi connectivity index (χ1) is 14.2. The Bertz CT molecular complexity index is 1040. The van der Waals surface area contributed by atoms with Gasteiger partial charge in [0.1, 0.15) is 11.5 Å². The van der Waals surface area contributed by atoms with Crippen molar-refractivity contribution in [3.63, 3.8) is 0 Å². The van der Waals surface area contributed by atoms with Crippen molar-refractivity contribution in [1.82, 2.24) is 4.98 Å². The zero-order chi connectivity index (χ0) is 22.0. The van der Waals surface area contributed by atoms with Crippen molar-refractivity contribution in [3.8, 4) is 5.75 Å². The van der Waals surface area contributed by atoms with Crippen molar-refractivity contribution in [2.75, 3.05) is 19.2 Å². The first-order valence-corrected chi connectivity index (χ1v) is 9.93. The molecule has 0 fully saturated rings. The van der Waals surface area contributed by atoms with Gasteiger partial charge in [-0.15, -0.1) is 0 Å². The summed E-state index contributed by atoms with van der Waals surface area (Å²) in [6, 6.07) is 6.26. The van der Waals surface area contributed by atoms with Crippen LogP contribution in [-0.2, 0) is 9.47 Å². The van der Waals surface area contributed by atoms with Crippen LogP contribution in [-0.4, -0.2) is 18.9 Å². The second-order valence-electron chi connectivity index (χ2n) is 7.69. The number of benzene rings is 1. The first-order valence-electron chi connectivity index (χ1n) is 9.93. The van der Waals surface area contributed by atoms with E-state index in [1.54, 1.807) is 14.0 Å². The van der Waals surface area contributed by atoms with Gasteiger partial charge in [0, 0.05) is 45.9 Å². The van der Waals surface area contributed by atoms with Crippen molar-refractivity contribution in [3.05, 3.63) is 88.3 Å². The van der Waals surface area contributed by atoms with Crippen LogP contribution in [0, 0.1) is 20.8 Å². The van der Waals surface area contributed by atoms with Gasteiger partial charge in [0.15, 0.2) is 0 Å². The molecule has 0 aliphatic carbocycles. The van der Waals surface area contributed by atoms with E-state index in [-0.39, 0.29) is 12.7 Å². The largest absolute Gasteiger partial charge is 0.496 e. The number of hydrogen-bond donors (Lipinski definition) is 1. The summed E-state index contributed by atoms with van der Waals surface area (Å²) in [5, 5.41) is 3.55. The van der Waals surface area contributed by atoms with E-state index in [0.717, 1.165) is 50.7 Å². The topological polar surface area (TPSA) is 52.6 Å². The average Bonchev–Trinajstić information content (AvgIpc) is 2.69. The number of nitrogens with zero attached hydrogens (tertiary/aromatic N) is 1. The van der Waals surface area contributed by atoms with Gasteiger partial charge in [-0.25, -0.2) is 0 Å². The highest BCUT2D eigenvalue weighted by molar-refractivity contribution is 5.72.